The minimum atomic E-state index is -1.32. The van der Waals surface area contributed by atoms with Crippen LogP contribution < -0.4 is 0 Å². The van der Waals surface area contributed by atoms with Crippen molar-refractivity contribution in [3.8, 4) is 0 Å². The van der Waals surface area contributed by atoms with Gasteiger partial charge in [0.05, 0.1) is 24.2 Å². The Kier molecular flexibility index (Phi) is 13.9. The SMILES string of the molecule is CC(=O)O[C@@H]1[C@@H](OC(C)=O)[C@H](C)O[C@@H](O[C@H]2[C@H](O[C@H]3CC[C@]4(C)[C@H]5CC=C6[C@@H]7CC(C)(C)CC[C@]7(C(=O)OCc7ccccc7)CC[C@@]6(C)[C@]5(C)CC[C@H]4C3(C)C)OC[C@@H]3OC(C)(C)O[C@H]23)[C@@H]1OC(C)=O. The second-order valence-electron chi connectivity index (χ2n) is 25.3. The summed E-state index contributed by atoms with van der Waals surface area (Å²) in [5.74, 6) is -2.02. The fourth-order valence-corrected chi connectivity index (χ4v) is 16.1. The quantitative estimate of drug-likeness (QED) is 0.0943. The molecule has 1 aromatic rings. The highest BCUT2D eigenvalue weighted by Crippen LogP contribution is 2.76. The van der Waals surface area contributed by atoms with Gasteiger partial charge in [0.2, 0.25) is 0 Å². The molecule has 14 heteroatoms. The smallest absolute Gasteiger partial charge is 0.313 e. The number of rotatable bonds is 10. The summed E-state index contributed by atoms with van der Waals surface area (Å²) in [6.07, 6.45) is 3.11. The lowest BCUT2D eigenvalue weighted by molar-refractivity contribution is -0.359. The molecule has 17 atom stereocenters. The van der Waals surface area contributed by atoms with Crippen molar-refractivity contribution >= 4 is 23.9 Å². The minimum absolute atomic E-state index is 0.00473. The molecule has 4 saturated carbocycles. The summed E-state index contributed by atoms with van der Waals surface area (Å²) in [4.78, 5) is 52.0. The molecule has 5 aliphatic carbocycles. The van der Waals surface area contributed by atoms with E-state index >= 15 is 0 Å². The van der Waals surface area contributed by atoms with E-state index in [1.807, 2.05) is 44.2 Å². The molecule has 3 aliphatic heterocycles. The highest BCUT2D eigenvalue weighted by molar-refractivity contribution is 5.79. The summed E-state index contributed by atoms with van der Waals surface area (Å²) in [7, 11) is 0. The zero-order chi connectivity index (χ0) is 51.3. The van der Waals surface area contributed by atoms with Gasteiger partial charge < -0.3 is 47.4 Å². The molecule has 394 valence electrons. The minimum Gasteiger partial charge on any atom is -0.460 e. The van der Waals surface area contributed by atoms with Crippen molar-refractivity contribution < 1.29 is 66.5 Å². The van der Waals surface area contributed by atoms with Crippen LogP contribution in [-0.4, -0.2) is 97.7 Å². The molecular formula is C57H82O14. The van der Waals surface area contributed by atoms with Gasteiger partial charge in [-0.15, -0.1) is 0 Å². The third-order valence-electron chi connectivity index (χ3n) is 19.7. The molecule has 0 N–H and O–H groups in total. The normalized spacial score (nSPS) is 43.9. The number of hydrogen-bond donors (Lipinski definition) is 0. The number of allylic oxidation sites excluding steroid dienone is 2. The van der Waals surface area contributed by atoms with Gasteiger partial charge in [-0.2, -0.15) is 0 Å². The Morgan fingerprint density at radius 1 is 0.690 bits per heavy atom. The fourth-order valence-electron chi connectivity index (χ4n) is 16.1. The molecule has 8 aliphatic rings. The van der Waals surface area contributed by atoms with E-state index in [0.717, 1.165) is 69.8 Å². The van der Waals surface area contributed by atoms with E-state index in [4.69, 9.17) is 47.4 Å². The van der Waals surface area contributed by atoms with Crippen LogP contribution >= 0.6 is 0 Å². The summed E-state index contributed by atoms with van der Waals surface area (Å²) in [5, 5.41) is 0. The molecule has 0 aromatic heterocycles. The van der Waals surface area contributed by atoms with Gasteiger partial charge in [-0.05, 0) is 135 Å². The second-order valence-corrected chi connectivity index (χ2v) is 25.3. The summed E-state index contributed by atoms with van der Waals surface area (Å²) >= 11 is 0. The van der Waals surface area contributed by atoms with E-state index in [2.05, 4.69) is 54.5 Å². The maximum Gasteiger partial charge on any atom is 0.313 e. The van der Waals surface area contributed by atoms with Gasteiger partial charge in [0.25, 0.3) is 0 Å². The van der Waals surface area contributed by atoms with Crippen LogP contribution in [0.15, 0.2) is 42.0 Å². The van der Waals surface area contributed by atoms with Crippen LogP contribution in [-0.2, 0) is 73.2 Å². The first-order valence-electron chi connectivity index (χ1n) is 26.6. The van der Waals surface area contributed by atoms with Crippen molar-refractivity contribution in [1.29, 1.82) is 0 Å². The fraction of sp³-hybridized carbons (Fsp3) is 0.789. The Labute approximate surface area is 421 Å². The molecule has 71 heavy (non-hydrogen) atoms. The zero-order valence-electron chi connectivity index (χ0n) is 44.7. The molecule has 0 radical (unpaired) electrons. The van der Waals surface area contributed by atoms with Crippen LogP contribution in [0.4, 0.5) is 0 Å². The Morgan fingerprint density at radius 2 is 1.35 bits per heavy atom. The molecule has 0 unspecified atom stereocenters. The molecule has 0 spiro atoms. The van der Waals surface area contributed by atoms with Crippen LogP contribution in [0.1, 0.15) is 160 Å². The van der Waals surface area contributed by atoms with Gasteiger partial charge in [0, 0.05) is 20.8 Å². The average Bonchev–Trinajstić information content (AvgIpc) is 3.61. The summed E-state index contributed by atoms with van der Waals surface area (Å²) in [5.41, 5.74) is 1.83. The first-order chi connectivity index (χ1) is 33.2. The molecule has 0 bridgehead atoms. The third kappa shape index (κ3) is 9.22. The highest BCUT2D eigenvalue weighted by atomic mass is 16.8. The van der Waals surface area contributed by atoms with E-state index < -0.39 is 84.4 Å². The Balaban J connectivity index is 0.974. The lowest BCUT2D eigenvalue weighted by atomic mass is 9.33. The monoisotopic (exact) mass is 991 g/mol. The zero-order valence-corrected chi connectivity index (χ0v) is 44.7. The van der Waals surface area contributed by atoms with Crippen molar-refractivity contribution in [3.05, 3.63) is 47.5 Å². The van der Waals surface area contributed by atoms with E-state index in [9.17, 15) is 19.2 Å². The number of carbonyl (C=O) groups excluding carboxylic acids is 4. The molecule has 14 nitrogen and oxygen atoms in total. The van der Waals surface area contributed by atoms with Crippen LogP contribution in [0.5, 0.6) is 0 Å². The Morgan fingerprint density at radius 3 is 2.04 bits per heavy atom. The van der Waals surface area contributed by atoms with Gasteiger partial charge >= 0.3 is 23.9 Å². The lowest BCUT2D eigenvalue weighted by Gasteiger charge is -2.71. The Bertz CT molecular complexity index is 2220. The molecule has 0 amide bonds. The van der Waals surface area contributed by atoms with Gasteiger partial charge in [-0.25, -0.2) is 0 Å². The summed E-state index contributed by atoms with van der Waals surface area (Å²) in [6, 6.07) is 10.1. The number of esters is 4. The molecule has 9 rings (SSSR count). The van der Waals surface area contributed by atoms with Crippen LogP contribution in [0.3, 0.4) is 0 Å². The topological polar surface area (TPSA) is 161 Å². The van der Waals surface area contributed by atoms with Crippen LogP contribution in [0, 0.1) is 50.2 Å². The predicted octanol–water partition coefficient (Wildman–Crippen LogP) is 9.72. The van der Waals surface area contributed by atoms with Crippen molar-refractivity contribution in [2.24, 2.45) is 50.2 Å². The largest absolute Gasteiger partial charge is 0.460 e. The van der Waals surface area contributed by atoms with E-state index in [0.29, 0.717) is 18.4 Å². The van der Waals surface area contributed by atoms with Gasteiger partial charge in [0.1, 0.15) is 24.9 Å². The van der Waals surface area contributed by atoms with Gasteiger partial charge in [-0.1, -0.05) is 90.4 Å². The van der Waals surface area contributed by atoms with E-state index in [1.165, 1.54) is 26.3 Å². The molecule has 3 saturated heterocycles. The van der Waals surface area contributed by atoms with Crippen LogP contribution in [0.25, 0.3) is 0 Å². The molecular weight excluding hydrogens is 909 g/mol. The maximum atomic E-state index is 14.6. The number of benzene rings is 1. The summed E-state index contributed by atoms with van der Waals surface area (Å²) in [6.45, 7) is 26.8. The van der Waals surface area contributed by atoms with Crippen molar-refractivity contribution in [1.82, 2.24) is 0 Å². The number of carbonyl (C=O) groups is 4. The molecule has 3 heterocycles. The highest BCUT2D eigenvalue weighted by Gasteiger charge is 2.70. The van der Waals surface area contributed by atoms with Crippen LogP contribution in [0.2, 0.25) is 0 Å². The molecule has 1 aromatic carbocycles. The van der Waals surface area contributed by atoms with Crippen molar-refractivity contribution in [2.45, 2.75) is 228 Å². The van der Waals surface area contributed by atoms with E-state index in [1.54, 1.807) is 6.92 Å². The van der Waals surface area contributed by atoms with Gasteiger partial charge in [0.15, 0.2) is 36.7 Å². The number of hydrogen-bond acceptors (Lipinski definition) is 14. The predicted molar refractivity (Wildman–Crippen MR) is 260 cm³/mol. The first-order valence-corrected chi connectivity index (χ1v) is 26.6. The third-order valence-corrected chi connectivity index (χ3v) is 19.7. The standard InChI is InChI=1S/C57H82O14/c1-32-43(65-33(2)58)45(66-34(3)59)47(67-35(4)60)49(64-32)69-46-44-39(70-53(9,10)71-44)31-62-48(46)68-42-22-23-54(11)40(52(42,7)8)21-24-56(13)41(54)20-19-37-38-29-51(5,6)25-27-57(38,28-26-55(37,56)12)50(61)63-30-36-17-15-14-16-18-36/h14-19,32,38-49H,20-31H2,1-13H3/t32-,38-,39-,40-,41+,42-,43-,44-,45+,46+,47+,48-,49-,54-,55+,56+,57-/m0/s1. The number of fused-ring (bicyclic) bond motifs is 8. The summed E-state index contributed by atoms with van der Waals surface area (Å²) < 4.78 is 63.3. The lowest BCUT2D eigenvalue weighted by Crippen LogP contribution is -2.66. The van der Waals surface area contributed by atoms with Crippen molar-refractivity contribution in [2.75, 3.05) is 6.61 Å². The van der Waals surface area contributed by atoms with Crippen molar-refractivity contribution in [3.63, 3.8) is 0 Å². The average molecular weight is 991 g/mol. The second kappa shape index (κ2) is 18.8. The van der Waals surface area contributed by atoms with E-state index in [-0.39, 0.29) is 51.7 Å². The Hall–Kier alpha value is -3.40. The van der Waals surface area contributed by atoms with Gasteiger partial charge in [-0.3, -0.25) is 19.2 Å². The first kappa shape index (κ1) is 52.5. The number of ether oxygens (including phenoxy) is 10. The maximum absolute atomic E-state index is 14.6. The molecule has 7 fully saturated rings.